The van der Waals surface area contributed by atoms with E-state index in [1.165, 1.54) is 4.57 Å². The van der Waals surface area contributed by atoms with Crippen molar-refractivity contribution >= 4 is 29.0 Å². The number of hydrogen-bond donors (Lipinski definition) is 2. The van der Waals surface area contributed by atoms with E-state index in [1.54, 1.807) is 19.2 Å². The van der Waals surface area contributed by atoms with Crippen LogP contribution < -0.4 is 25.1 Å². The van der Waals surface area contributed by atoms with Gasteiger partial charge < -0.3 is 24.5 Å². The Morgan fingerprint density at radius 3 is 2.86 bits per heavy atom. The average Bonchev–Trinajstić information content (AvgIpc) is 3.18. The summed E-state index contributed by atoms with van der Waals surface area (Å²) in [6.45, 7) is 0.662. The average molecular weight is 413 g/mol. The summed E-state index contributed by atoms with van der Waals surface area (Å²) in [7, 11) is 1.59. The van der Waals surface area contributed by atoms with Crippen molar-refractivity contribution in [3.05, 3.63) is 57.1 Å². The first-order valence-corrected chi connectivity index (χ1v) is 9.42. The van der Waals surface area contributed by atoms with Gasteiger partial charge in [-0.2, -0.15) is 0 Å². The molecule has 0 fully saturated rings. The zero-order valence-corrected chi connectivity index (χ0v) is 16.5. The van der Waals surface area contributed by atoms with Crippen LogP contribution in [0.2, 0.25) is 0 Å². The summed E-state index contributed by atoms with van der Waals surface area (Å²) >= 11 is 5.31. The van der Waals surface area contributed by atoms with Crippen LogP contribution in [0.3, 0.4) is 0 Å². The van der Waals surface area contributed by atoms with Gasteiger partial charge in [0.15, 0.2) is 16.3 Å². The molecule has 0 bridgehead atoms. The van der Waals surface area contributed by atoms with Crippen LogP contribution in [0.25, 0.3) is 10.9 Å². The van der Waals surface area contributed by atoms with Crippen molar-refractivity contribution in [2.45, 2.75) is 19.5 Å². The SMILES string of the molecule is COc1cccc(CNC(=O)CCn2c(=S)[nH]c3cc4c(cc3c2=O)OCO4)c1. The molecule has 29 heavy (non-hydrogen) atoms. The smallest absolute Gasteiger partial charge is 0.262 e. The van der Waals surface area contributed by atoms with Crippen molar-refractivity contribution in [1.82, 2.24) is 14.9 Å². The number of ether oxygens (including phenoxy) is 3. The maximum absolute atomic E-state index is 12.8. The highest BCUT2D eigenvalue weighted by atomic mass is 32.1. The lowest BCUT2D eigenvalue weighted by Crippen LogP contribution is -2.28. The number of rotatable bonds is 6. The van der Waals surface area contributed by atoms with Gasteiger partial charge in [0.1, 0.15) is 5.75 Å². The molecule has 0 saturated carbocycles. The molecule has 2 heterocycles. The molecular formula is C20H19N3O5S. The molecule has 9 heteroatoms. The van der Waals surface area contributed by atoms with Gasteiger partial charge >= 0.3 is 0 Å². The molecule has 3 aromatic rings. The number of nitrogens with zero attached hydrogens (tertiary/aromatic N) is 1. The number of nitrogens with one attached hydrogen (secondary N) is 2. The molecular weight excluding hydrogens is 394 g/mol. The van der Waals surface area contributed by atoms with Crippen LogP contribution in [0.5, 0.6) is 17.2 Å². The van der Waals surface area contributed by atoms with Crippen molar-refractivity contribution in [2.75, 3.05) is 13.9 Å². The molecule has 0 spiro atoms. The van der Waals surface area contributed by atoms with Crippen molar-refractivity contribution in [3.63, 3.8) is 0 Å². The summed E-state index contributed by atoms with van der Waals surface area (Å²) in [5.74, 6) is 1.63. The maximum Gasteiger partial charge on any atom is 0.262 e. The lowest BCUT2D eigenvalue weighted by atomic mass is 10.2. The Kier molecular flexibility index (Phi) is 5.22. The van der Waals surface area contributed by atoms with Crippen molar-refractivity contribution < 1.29 is 19.0 Å². The molecule has 8 nitrogen and oxygen atoms in total. The molecule has 0 saturated heterocycles. The van der Waals surface area contributed by atoms with E-state index in [2.05, 4.69) is 10.3 Å². The van der Waals surface area contributed by atoms with Gasteiger partial charge in [0.2, 0.25) is 12.7 Å². The number of methoxy groups -OCH3 is 1. The standard InChI is InChI=1S/C20H19N3O5S/c1-26-13-4-2-3-12(7-13)10-21-18(24)5-6-23-19(25)14-8-16-17(28-11-27-16)9-15(14)22-20(23)29/h2-4,7-9H,5-6,10-11H2,1H3,(H,21,24)(H,22,29). The first-order valence-electron chi connectivity index (χ1n) is 9.01. The zero-order chi connectivity index (χ0) is 20.4. The summed E-state index contributed by atoms with van der Waals surface area (Å²) in [6, 6.07) is 10.8. The maximum atomic E-state index is 12.8. The lowest BCUT2D eigenvalue weighted by Gasteiger charge is -2.10. The number of hydrogen-bond acceptors (Lipinski definition) is 6. The van der Waals surface area contributed by atoms with E-state index in [9.17, 15) is 9.59 Å². The quantitative estimate of drug-likeness (QED) is 0.603. The van der Waals surface area contributed by atoms with Crippen LogP contribution in [-0.4, -0.2) is 29.4 Å². The van der Waals surface area contributed by atoms with E-state index in [0.29, 0.717) is 28.9 Å². The summed E-state index contributed by atoms with van der Waals surface area (Å²) in [6.07, 6.45) is 0.122. The van der Waals surface area contributed by atoms with E-state index < -0.39 is 0 Å². The van der Waals surface area contributed by atoms with Crippen molar-refractivity contribution in [1.29, 1.82) is 0 Å². The van der Waals surface area contributed by atoms with E-state index in [4.69, 9.17) is 26.4 Å². The third-order valence-corrected chi connectivity index (χ3v) is 4.98. The molecule has 1 aliphatic rings. The summed E-state index contributed by atoms with van der Waals surface area (Å²) in [5.41, 5.74) is 1.22. The number of H-pyrrole nitrogens is 1. The number of aromatic amines is 1. The fourth-order valence-electron chi connectivity index (χ4n) is 3.13. The Balaban J connectivity index is 1.46. The minimum Gasteiger partial charge on any atom is -0.497 e. The number of carbonyl (C=O) groups excluding carboxylic acids is 1. The van der Waals surface area contributed by atoms with Crippen LogP contribution in [0.15, 0.2) is 41.2 Å². The number of amides is 1. The van der Waals surface area contributed by atoms with Gasteiger partial charge in [-0.05, 0) is 36.0 Å². The predicted molar refractivity (Wildman–Crippen MR) is 109 cm³/mol. The van der Waals surface area contributed by atoms with Crippen molar-refractivity contribution in [3.8, 4) is 17.2 Å². The van der Waals surface area contributed by atoms with Crippen LogP contribution in [0, 0.1) is 4.77 Å². The molecule has 2 N–H and O–H groups in total. The van der Waals surface area contributed by atoms with Gasteiger partial charge in [-0.1, -0.05) is 12.1 Å². The first-order chi connectivity index (χ1) is 14.0. The second-order valence-corrected chi connectivity index (χ2v) is 6.90. The molecule has 1 amide bonds. The minimum atomic E-state index is -0.275. The molecule has 150 valence electrons. The Bertz CT molecular complexity index is 1200. The lowest BCUT2D eigenvalue weighted by molar-refractivity contribution is -0.121. The van der Waals surface area contributed by atoms with Gasteiger partial charge in [-0.3, -0.25) is 14.2 Å². The van der Waals surface area contributed by atoms with Crippen LogP contribution in [0.1, 0.15) is 12.0 Å². The van der Waals surface area contributed by atoms with Crippen molar-refractivity contribution in [2.24, 2.45) is 0 Å². The van der Waals surface area contributed by atoms with Gasteiger partial charge in [0.25, 0.3) is 5.56 Å². The molecule has 0 radical (unpaired) electrons. The van der Waals surface area contributed by atoms with E-state index in [-0.39, 0.29) is 36.0 Å². The van der Waals surface area contributed by atoms with E-state index in [0.717, 1.165) is 11.3 Å². The Labute approximate surface area is 171 Å². The summed E-state index contributed by atoms with van der Waals surface area (Å²) in [4.78, 5) is 28.1. The Hall–Kier alpha value is -3.33. The number of fused-ring (bicyclic) bond motifs is 2. The Morgan fingerprint density at radius 1 is 1.28 bits per heavy atom. The molecule has 4 rings (SSSR count). The highest BCUT2D eigenvalue weighted by Gasteiger charge is 2.17. The number of aromatic nitrogens is 2. The largest absolute Gasteiger partial charge is 0.497 e. The molecule has 1 aliphatic heterocycles. The van der Waals surface area contributed by atoms with Crippen LogP contribution >= 0.6 is 12.2 Å². The summed E-state index contributed by atoms with van der Waals surface area (Å²) in [5, 5.41) is 3.27. The normalized spacial score (nSPS) is 12.2. The third kappa shape index (κ3) is 3.95. The second-order valence-electron chi connectivity index (χ2n) is 6.52. The predicted octanol–water partition coefficient (Wildman–Crippen LogP) is 2.50. The fraction of sp³-hybridized carbons (Fsp3) is 0.250. The number of benzene rings is 2. The van der Waals surface area contributed by atoms with Crippen LogP contribution in [0.4, 0.5) is 0 Å². The molecule has 0 unspecified atom stereocenters. The molecule has 1 aromatic heterocycles. The highest BCUT2D eigenvalue weighted by molar-refractivity contribution is 7.71. The van der Waals surface area contributed by atoms with E-state index >= 15 is 0 Å². The monoisotopic (exact) mass is 413 g/mol. The topological polar surface area (TPSA) is 94.6 Å². The molecule has 0 aliphatic carbocycles. The first kappa shape index (κ1) is 19.0. The second kappa shape index (κ2) is 7.96. The molecule has 0 atom stereocenters. The van der Waals surface area contributed by atoms with Gasteiger partial charge in [0.05, 0.1) is 18.0 Å². The highest BCUT2D eigenvalue weighted by Crippen LogP contribution is 2.34. The zero-order valence-electron chi connectivity index (χ0n) is 15.7. The van der Waals surface area contributed by atoms with Crippen LogP contribution in [-0.2, 0) is 17.9 Å². The van der Waals surface area contributed by atoms with Gasteiger partial charge in [-0.15, -0.1) is 0 Å². The Morgan fingerprint density at radius 2 is 2.07 bits per heavy atom. The van der Waals surface area contributed by atoms with E-state index in [1.807, 2.05) is 24.3 Å². The summed E-state index contributed by atoms with van der Waals surface area (Å²) < 4.78 is 17.5. The fourth-order valence-corrected chi connectivity index (χ4v) is 3.41. The van der Waals surface area contributed by atoms with Gasteiger partial charge in [-0.25, -0.2) is 0 Å². The minimum absolute atomic E-state index is 0.119. The third-order valence-electron chi connectivity index (χ3n) is 4.66. The number of carbonyl (C=O) groups is 1. The van der Waals surface area contributed by atoms with Gasteiger partial charge in [0, 0.05) is 25.6 Å². The molecule has 2 aromatic carbocycles.